The average Bonchev–Trinajstić information content (AvgIpc) is 2.29. The van der Waals surface area contributed by atoms with Gasteiger partial charge in [0, 0.05) is 0 Å². The molecule has 1 aromatic carbocycles. The molecular weight excluding hydrogens is 220 g/mol. The van der Waals surface area contributed by atoms with E-state index in [9.17, 15) is 8.78 Å². The number of benzene rings is 1. The third-order valence-electron chi connectivity index (χ3n) is 3.56. The first kappa shape index (κ1) is 12.5. The molecule has 17 heavy (non-hydrogen) atoms. The third-order valence-corrected chi connectivity index (χ3v) is 3.56. The quantitative estimate of drug-likeness (QED) is 0.861. The maximum atomic E-state index is 12.8. The van der Waals surface area contributed by atoms with Crippen LogP contribution >= 0.6 is 0 Å². The molecule has 1 nitrogen and oxygen atoms in total. The lowest BCUT2D eigenvalue weighted by Crippen LogP contribution is -2.46. The lowest BCUT2D eigenvalue weighted by atomic mass is 9.84. The molecule has 0 aliphatic heterocycles. The molecule has 2 N–H and O–H groups in total. The number of fused-ring (bicyclic) bond motifs is 1. The summed E-state index contributed by atoms with van der Waals surface area (Å²) >= 11 is 0. The van der Waals surface area contributed by atoms with Gasteiger partial charge in [0.25, 0.3) is 6.43 Å². The first-order chi connectivity index (χ1) is 8.00. The van der Waals surface area contributed by atoms with Crippen LogP contribution in [0.4, 0.5) is 8.78 Å². The second-order valence-corrected chi connectivity index (χ2v) is 5.25. The van der Waals surface area contributed by atoms with Crippen molar-refractivity contribution >= 4 is 0 Å². The molecule has 0 amide bonds. The maximum Gasteiger partial charge on any atom is 0.256 e. The predicted octanol–water partition coefficient (Wildman–Crippen LogP) is 3.09. The molecule has 1 aromatic rings. The molecule has 0 aromatic heterocycles. The third kappa shape index (κ3) is 2.65. The van der Waals surface area contributed by atoms with Gasteiger partial charge in [-0.15, -0.1) is 0 Å². The van der Waals surface area contributed by atoms with Crippen molar-refractivity contribution in [1.29, 1.82) is 0 Å². The normalized spacial score (nSPS) is 18.9. The van der Waals surface area contributed by atoms with Crippen molar-refractivity contribution < 1.29 is 8.78 Å². The Kier molecular flexibility index (Phi) is 3.48. The summed E-state index contributed by atoms with van der Waals surface area (Å²) in [5.74, 6) is 0. The molecule has 0 spiro atoms. The van der Waals surface area contributed by atoms with E-state index < -0.39 is 12.0 Å². The van der Waals surface area contributed by atoms with Gasteiger partial charge in [0.05, 0.1) is 5.54 Å². The molecule has 1 aliphatic carbocycles. The SMILES string of the molecule is CC(N)(Cc1cccc2c1CCCC2)C(F)F. The fourth-order valence-electron chi connectivity index (χ4n) is 2.51. The highest BCUT2D eigenvalue weighted by Crippen LogP contribution is 2.28. The fourth-order valence-corrected chi connectivity index (χ4v) is 2.51. The Hall–Kier alpha value is -0.960. The van der Waals surface area contributed by atoms with E-state index >= 15 is 0 Å². The monoisotopic (exact) mass is 239 g/mol. The van der Waals surface area contributed by atoms with Gasteiger partial charge >= 0.3 is 0 Å². The zero-order valence-corrected chi connectivity index (χ0v) is 10.2. The first-order valence-electron chi connectivity index (χ1n) is 6.17. The fraction of sp³-hybridized carbons (Fsp3) is 0.571. The lowest BCUT2D eigenvalue weighted by Gasteiger charge is -2.27. The molecule has 0 fully saturated rings. The molecule has 0 radical (unpaired) electrons. The standard InChI is InChI=1S/C14H19F2N/c1-14(17,13(15)16)9-11-7-4-6-10-5-2-3-8-12(10)11/h4,6-7,13H,2-3,5,8-9,17H2,1H3. The van der Waals surface area contributed by atoms with Gasteiger partial charge in [-0.2, -0.15) is 0 Å². The zero-order chi connectivity index (χ0) is 12.5. The van der Waals surface area contributed by atoms with E-state index in [-0.39, 0.29) is 6.42 Å². The van der Waals surface area contributed by atoms with Crippen LogP contribution in [-0.2, 0) is 19.3 Å². The van der Waals surface area contributed by atoms with Gasteiger partial charge in [-0.3, -0.25) is 0 Å². The van der Waals surface area contributed by atoms with Crippen LogP contribution in [0.1, 0.15) is 36.5 Å². The summed E-state index contributed by atoms with van der Waals surface area (Å²) in [5.41, 5.74) is 7.84. The molecule has 1 atom stereocenters. The van der Waals surface area contributed by atoms with Gasteiger partial charge < -0.3 is 5.73 Å². The minimum Gasteiger partial charge on any atom is -0.320 e. The first-order valence-corrected chi connectivity index (χ1v) is 6.17. The number of hydrogen-bond acceptors (Lipinski definition) is 1. The second-order valence-electron chi connectivity index (χ2n) is 5.25. The smallest absolute Gasteiger partial charge is 0.256 e. The van der Waals surface area contributed by atoms with Crippen LogP contribution in [0.2, 0.25) is 0 Å². The van der Waals surface area contributed by atoms with Crippen molar-refractivity contribution in [3.05, 3.63) is 34.9 Å². The number of halogens is 2. The van der Waals surface area contributed by atoms with Gasteiger partial charge in [0.1, 0.15) is 0 Å². The Labute approximate surface area is 101 Å². The van der Waals surface area contributed by atoms with E-state index in [1.165, 1.54) is 24.5 Å². The zero-order valence-electron chi connectivity index (χ0n) is 10.2. The van der Waals surface area contributed by atoms with Gasteiger partial charge in [-0.25, -0.2) is 8.78 Å². The minimum absolute atomic E-state index is 0.258. The minimum atomic E-state index is -2.48. The number of hydrogen-bond donors (Lipinski definition) is 1. The highest BCUT2D eigenvalue weighted by molar-refractivity contribution is 5.38. The van der Waals surface area contributed by atoms with Gasteiger partial charge in [-0.05, 0) is 55.7 Å². The summed E-state index contributed by atoms with van der Waals surface area (Å²) in [5, 5.41) is 0. The Balaban J connectivity index is 2.27. The summed E-state index contributed by atoms with van der Waals surface area (Å²) in [6.07, 6.45) is 2.20. The lowest BCUT2D eigenvalue weighted by molar-refractivity contribution is 0.0638. The Morgan fingerprint density at radius 3 is 2.71 bits per heavy atom. The highest BCUT2D eigenvalue weighted by Gasteiger charge is 2.31. The molecule has 0 saturated carbocycles. The predicted molar refractivity (Wildman–Crippen MR) is 65.4 cm³/mol. The number of aryl methyl sites for hydroxylation is 1. The van der Waals surface area contributed by atoms with E-state index in [0.717, 1.165) is 24.8 Å². The van der Waals surface area contributed by atoms with Crippen molar-refractivity contribution in [2.24, 2.45) is 5.73 Å². The van der Waals surface area contributed by atoms with E-state index in [4.69, 9.17) is 5.73 Å². The number of alkyl halides is 2. The van der Waals surface area contributed by atoms with Crippen molar-refractivity contribution in [2.75, 3.05) is 0 Å². The van der Waals surface area contributed by atoms with Crippen molar-refractivity contribution in [3.63, 3.8) is 0 Å². The molecule has 0 saturated heterocycles. The van der Waals surface area contributed by atoms with Crippen LogP contribution in [0, 0.1) is 0 Å². The molecule has 94 valence electrons. The molecular formula is C14H19F2N. The number of rotatable bonds is 3. The summed E-state index contributed by atoms with van der Waals surface area (Å²) in [4.78, 5) is 0. The van der Waals surface area contributed by atoms with Crippen LogP contribution < -0.4 is 5.73 Å². The van der Waals surface area contributed by atoms with Crippen LogP contribution in [-0.4, -0.2) is 12.0 Å². The van der Waals surface area contributed by atoms with Crippen molar-refractivity contribution in [1.82, 2.24) is 0 Å². The highest BCUT2D eigenvalue weighted by atomic mass is 19.3. The van der Waals surface area contributed by atoms with E-state index in [1.54, 1.807) is 0 Å². The molecule has 0 heterocycles. The Bertz CT molecular complexity index is 399. The van der Waals surface area contributed by atoms with Gasteiger partial charge in [0.15, 0.2) is 0 Å². The summed E-state index contributed by atoms with van der Waals surface area (Å²) in [7, 11) is 0. The van der Waals surface area contributed by atoms with Crippen molar-refractivity contribution in [3.8, 4) is 0 Å². The molecule has 0 bridgehead atoms. The van der Waals surface area contributed by atoms with Gasteiger partial charge in [-0.1, -0.05) is 18.2 Å². The Morgan fingerprint density at radius 2 is 2.00 bits per heavy atom. The van der Waals surface area contributed by atoms with E-state index in [1.807, 2.05) is 12.1 Å². The summed E-state index contributed by atoms with van der Waals surface area (Å²) in [6.45, 7) is 1.43. The summed E-state index contributed by atoms with van der Waals surface area (Å²) < 4.78 is 25.6. The van der Waals surface area contributed by atoms with E-state index in [2.05, 4.69) is 6.07 Å². The van der Waals surface area contributed by atoms with Gasteiger partial charge in [0.2, 0.25) is 0 Å². The molecule has 2 rings (SSSR count). The number of nitrogens with two attached hydrogens (primary N) is 1. The van der Waals surface area contributed by atoms with Crippen LogP contribution in [0.3, 0.4) is 0 Å². The van der Waals surface area contributed by atoms with Crippen LogP contribution in [0.15, 0.2) is 18.2 Å². The Morgan fingerprint density at radius 1 is 1.29 bits per heavy atom. The average molecular weight is 239 g/mol. The molecule has 1 aliphatic rings. The van der Waals surface area contributed by atoms with Crippen LogP contribution in [0.5, 0.6) is 0 Å². The topological polar surface area (TPSA) is 26.0 Å². The van der Waals surface area contributed by atoms with Crippen LogP contribution in [0.25, 0.3) is 0 Å². The van der Waals surface area contributed by atoms with Crippen molar-refractivity contribution in [2.45, 2.75) is 51.0 Å². The second kappa shape index (κ2) is 4.73. The largest absolute Gasteiger partial charge is 0.320 e. The molecule has 1 unspecified atom stereocenters. The summed E-state index contributed by atoms with van der Waals surface area (Å²) in [6, 6.07) is 6.01. The maximum absolute atomic E-state index is 12.8. The molecule has 3 heteroatoms. The van der Waals surface area contributed by atoms with E-state index in [0.29, 0.717) is 0 Å².